The van der Waals surface area contributed by atoms with Gasteiger partial charge in [-0.2, -0.15) is 11.8 Å². The molecule has 0 amide bonds. The van der Waals surface area contributed by atoms with E-state index in [1.54, 1.807) is 11.1 Å². The molecule has 82 valence electrons. The van der Waals surface area contributed by atoms with Crippen LogP contribution in [0.2, 0.25) is 0 Å². The summed E-state index contributed by atoms with van der Waals surface area (Å²) in [7, 11) is 0. The third-order valence-electron chi connectivity index (χ3n) is 2.96. The van der Waals surface area contributed by atoms with Gasteiger partial charge in [0.1, 0.15) is 0 Å². The monoisotopic (exact) mass is 221 g/mol. The molecule has 1 aromatic rings. The molecule has 2 N–H and O–H groups in total. The number of hydrogen-bond donors (Lipinski definition) is 1. The molecule has 1 aliphatic carbocycles. The van der Waals surface area contributed by atoms with Gasteiger partial charge in [-0.15, -0.1) is 0 Å². The first-order chi connectivity index (χ1) is 7.40. The summed E-state index contributed by atoms with van der Waals surface area (Å²) < 4.78 is 0. The summed E-state index contributed by atoms with van der Waals surface area (Å²) in [5.74, 6) is 2.29. The lowest BCUT2D eigenvalue weighted by Gasteiger charge is -2.04. The van der Waals surface area contributed by atoms with Crippen LogP contribution in [-0.2, 0) is 19.3 Å². The van der Waals surface area contributed by atoms with Crippen LogP contribution < -0.4 is 5.73 Å². The fraction of sp³-hybridized carbons (Fsp3) is 0.538. The molecule has 0 saturated carbocycles. The topological polar surface area (TPSA) is 26.0 Å². The molecule has 0 unspecified atom stereocenters. The second-order valence-corrected chi connectivity index (χ2v) is 5.33. The highest BCUT2D eigenvalue weighted by Crippen LogP contribution is 2.23. The predicted molar refractivity (Wildman–Crippen MR) is 68.6 cm³/mol. The Kier molecular flexibility index (Phi) is 4.09. The zero-order valence-corrected chi connectivity index (χ0v) is 9.98. The van der Waals surface area contributed by atoms with Gasteiger partial charge < -0.3 is 5.73 Å². The van der Waals surface area contributed by atoms with Gasteiger partial charge >= 0.3 is 0 Å². The molecule has 2 heteroatoms. The first-order valence-corrected chi connectivity index (χ1v) is 6.94. The molecule has 1 nitrogen and oxygen atoms in total. The van der Waals surface area contributed by atoms with E-state index in [1.165, 1.54) is 37.0 Å². The average Bonchev–Trinajstić information content (AvgIpc) is 2.71. The van der Waals surface area contributed by atoms with Gasteiger partial charge in [0.15, 0.2) is 0 Å². The highest BCUT2D eigenvalue weighted by atomic mass is 32.2. The minimum absolute atomic E-state index is 0.800. The summed E-state index contributed by atoms with van der Waals surface area (Å²) in [4.78, 5) is 0. The van der Waals surface area contributed by atoms with E-state index in [0.717, 1.165) is 12.3 Å². The third-order valence-corrected chi connectivity index (χ3v) is 3.98. The largest absolute Gasteiger partial charge is 0.330 e. The Labute approximate surface area is 96.4 Å². The number of thioether (sulfide) groups is 1. The second-order valence-electron chi connectivity index (χ2n) is 4.11. The van der Waals surface area contributed by atoms with Crippen LogP contribution in [0.5, 0.6) is 0 Å². The van der Waals surface area contributed by atoms with Crippen molar-refractivity contribution < 1.29 is 0 Å². The Morgan fingerprint density at radius 2 is 2.00 bits per heavy atom. The van der Waals surface area contributed by atoms with E-state index in [4.69, 9.17) is 5.73 Å². The standard InChI is InChI=1S/C13H19NS/c14-7-9-15-8-6-11-4-5-12-2-1-3-13(12)10-11/h4-5,10H,1-3,6-9,14H2. The van der Waals surface area contributed by atoms with Crippen LogP contribution in [0.15, 0.2) is 18.2 Å². The molecule has 0 bridgehead atoms. The lowest BCUT2D eigenvalue weighted by molar-refractivity contribution is 0.911. The summed E-state index contributed by atoms with van der Waals surface area (Å²) in [5, 5.41) is 0. The quantitative estimate of drug-likeness (QED) is 0.773. The fourth-order valence-electron chi connectivity index (χ4n) is 2.16. The summed E-state index contributed by atoms with van der Waals surface area (Å²) in [5.41, 5.74) is 10.1. The molecule has 0 heterocycles. The van der Waals surface area contributed by atoms with Crippen molar-refractivity contribution >= 4 is 11.8 Å². The van der Waals surface area contributed by atoms with E-state index in [0.29, 0.717) is 0 Å². The van der Waals surface area contributed by atoms with Crippen molar-refractivity contribution in [1.82, 2.24) is 0 Å². The third kappa shape index (κ3) is 2.99. The lowest BCUT2D eigenvalue weighted by atomic mass is 10.1. The highest BCUT2D eigenvalue weighted by molar-refractivity contribution is 7.99. The van der Waals surface area contributed by atoms with Crippen molar-refractivity contribution in [2.24, 2.45) is 5.73 Å². The van der Waals surface area contributed by atoms with Crippen molar-refractivity contribution in [2.45, 2.75) is 25.7 Å². The average molecular weight is 221 g/mol. The molecule has 0 aromatic heterocycles. The number of hydrogen-bond acceptors (Lipinski definition) is 2. The first-order valence-electron chi connectivity index (χ1n) is 5.78. The molecular formula is C13H19NS. The Morgan fingerprint density at radius 1 is 1.13 bits per heavy atom. The van der Waals surface area contributed by atoms with Gasteiger partial charge in [-0.25, -0.2) is 0 Å². The number of rotatable bonds is 5. The number of benzene rings is 1. The highest BCUT2D eigenvalue weighted by Gasteiger charge is 2.10. The van der Waals surface area contributed by atoms with Crippen LogP contribution in [0.3, 0.4) is 0 Å². The Morgan fingerprint density at radius 3 is 2.87 bits per heavy atom. The number of fused-ring (bicyclic) bond motifs is 1. The van der Waals surface area contributed by atoms with E-state index in [1.807, 2.05) is 11.8 Å². The van der Waals surface area contributed by atoms with E-state index < -0.39 is 0 Å². The molecule has 15 heavy (non-hydrogen) atoms. The van der Waals surface area contributed by atoms with Gasteiger partial charge in [0.2, 0.25) is 0 Å². The number of aryl methyl sites for hydroxylation is 3. The smallest absolute Gasteiger partial charge is 0.00559 e. The van der Waals surface area contributed by atoms with E-state index >= 15 is 0 Å². The second kappa shape index (κ2) is 5.57. The lowest BCUT2D eigenvalue weighted by Crippen LogP contribution is -2.02. The SMILES string of the molecule is NCCSCCc1ccc2c(c1)CCC2. The van der Waals surface area contributed by atoms with Gasteiger partial charge in [0, 0.05) is 12.3 Å². The van der Waals surface area contributed by atoms with E-state index in [9.17, 15) is 0 Å². The van der Waals surface area contributed by atoms with E-state index in [-0.39, 0.29) is 0 Å². The van der Waals surface area contributed by atoms with Crippen molar-refractivity contribution in [2.75, 3.05) is 18.1 Å². The van der Waals surface area contributed by atoms with Gasteiger partial charge in [-0.05, 0) is 48.1 Å². The van der Waals surface area contributed by atoms with Gasteiger partial charge in [-0.1, -0.05) is 18.2 Å². The van der Waals surface area contributed by atoms with Crippen LogP contribution in [-0.4, -0.2) is 18.1 Å². The van der Waals surface area contributed by atoms with E-state index in [2.05, 4.69) is 18.2 Å². The predicted octanol–water partition coefficient (Wildman–Crippen LogP) is 2.41. The zero-order valence-electron chi connectivity index (χ0n) is 9.17. The fourth-order valence-corrected chi connectivity index (χ4v) is 2.91. The maximum Gasteiger partial charge on any atom is 0.00559 e. The maximum atomic E-state index is 5.46. The van der Waals surface area contributed by atoms with Gasteiger partial charge in [0.05, 0.1) is 0 Å². The molecule has 1 aliphatic rings. The minimum Gasteiger partial charge on any atom is -0.330 e. The molecule has 0 fully saturated rings. The van der Waals surface area contributed by atoms with Crippen LogP contribution in [0.25, 0.3) is 0 Å². The zero-order chi connectivity index (χ0) is 10.5. The molecule has 0 radical (unpaired) electrons. The molecule has 0 atom stereocenters. The maximum absolute atomic E-state index is 5.46. The molecule has 0 aliphatic heterocycles. The van der Waals surface area contributed by atoms with Crippen LogP contribution in [0.4, 0.5) is 0 Å². The Bertz CT molecular complexity index is 322. The normalized spacial score (nSPS) is 14.2. The molecule has 2 rings (SSSR count). The van der Waals surface area contributed by atoms with Crippen molar-refractivity contribution in [3.05, 3.63) is 34.9 Å². The molecule has 1 aromatic carbocycles. The minimum atomic E-state index is 0.800. The molecular weight excluding hydrogens is 202 g/mol. The molecule has 0 saturated heterocycles. The molecule has 0 spiro atoms. The van der Waals surface area contributed by atoms with Gasteiger partial charge in [-0.3, -0.25) is 0 Å². The van der Waals surface area contributed by atoms with Crippen molar-refractivity contribution in [3.63, 3.8) is 0 Å². The van der Waals surface area contributed by atoms with Crippen LogP contribution >= 0.6 is 11.8 Å². The first kappa shape index (κ1) is 11.0. The summed E-state index contributed by atoms with van der Waals surface area (Å²) >= 11 is 1.96. The van der Waals surface area contributed by atoms with Crippen LogP contribution in [0.1, 0.15) is 23.1 Å². The summed E-state index contributed by atoms with van der Waals surface area (Å²) in [6, 6.07) is 7.03. The van der Waals surface area contributed by atoms with Crippen molar-refractivity contribution in [3.8, 4) is 0 Å². The summed E-state index contributed by atoms with van der Waals surface area (Å²) in [6.07, 6.45) is 5.12. The number of nitrogens with two attached hydrogens (primary N) is 1. The van der Waals surface area contributed by atoms with Crippen molar-refractivity contribution in [1.29, 1.82) is 0 Å². The van der Waals surface area contributed by atoms with Crippen LogP contribution in [0, 0.1) is 0 Å². The summed E-state index contributed by atoms with van der Waals surface area (Å²) in [6.45, 7) is 0.800. The van der Waals surface area contributed by atoms with Gasteiger partial charge in [0.25, 0.3) is 0 Å². The Hall–Kier alpha value is -0.470. The Balaban J connectivity index is 1.87.